The molecule has 190 valence electrons. The summed E-state index contributed by atoms with van der Waals surface area (Å²) in [6.07, 6.45) is 1.43. The van der Waals surface area contributed by atoms with Crippen molar-refractivity contribution in [1.29, 1.82) is 0 Å². The van der Waals surface area contributed by atoms with Crippen molar-refractivity contribution >= 4 is 22.9 Å². The molecule has 0 bridgehead atoms. The molecule has 0 N–H and O–H groups in total. The number of ether oxygens (including phenoxy) is 2. The minimum absolute atomic E-state index is 0.0338. The number of carbonyl (C=O) groups is 1. The van der Waals surface area contributed by atoms with Crippen molar-refractivity contribution in [2.75, 3.05) is 37.9 Å². The number of imidazole rings is 1. The van der Waals surface area contributed by atoms with Crippen molar-refractivity contribution in [3.63, 3.8) is 0 Å². The van der Waals surface area contributed by atoms with Gasteiger partial charge in [-0.2, -0.15) is 0 Å². The minimum Gasteiger partial charge on any atom is -0.454 e. The molecule has 0 unspecified atom stereocenters. The molecule has 1 aromatic carbocycles. The lowest BCUT2D eigenvalue weighted by molar-refractivity contribution is -0.132. The molecular formula is C24H24N8O5. The highest BCUT2D eigenvalue weighted by Gasteiger charge is 2.24. The Morgan fingerprint density at radius 3 is 2.49 bits per heavy atom. The Morgan fingerprint density at radius 2 is 1.73 bits per heavy atom. The van der Waals surface area contributed by atoms with Crippen LogP contribution in [0.15, 0.2) is 46.2 Å². The van der Waals surface area contributed by atoms with E-state index in [9.17, 15) is 14.4 Å². The molecule has 0 aliphatic carbocycles. The molecule has 3 aromatic heterocycles. The summed E-state index contributed by atoms with van der Waals surface area (Å²) in [6.45, 7) is 2.40. The molecule has 5 heterocycles. The number of hydrogen-bond donors (Lipinski definition) is 0. The Labute approximate surface area is 210 Å². The molecule has 0 saturated carbocycles. The van der Waals surface area contributed by atoms with Gasteiger partial charge in [-0.25, -0.2) is 9.78 Å². The number of amides is 1. The zero-order chi connectivity index (χ0) is 25.7. The highest BCUT2D eigenvalue weighted by atomic mass is 16.7. The monoisotopic (exact) mass is 504 g/mol. The number of benzene rings is 1. The Balaban J connectivity index is 1.11. The van der Waals surface area contributed by atoms with Crippen molar-refractivity contribution < 1.29 is 14.3 Å². The van der Waals surface area contributed by atoms with E-state index in [1.165, 1.54) is 22.5 Å². The van der Waals surface area contributed by atoms with Gasteiger partial charge in [-0.3, -0.25) is 18.7 Å². The van der Waals surface area contributed by atoms with E-state index in [-0.39, 0.29) is 30.4 Å². The maximum absolute atomic E-state index is 13.0. The van der Waals surface area contributed by atoms with E-state index < -0.39 is 11.2 Å². The predicted octanol–water partition coefficient (Wildman–Crippen LogP) is -0.0318. The third-order valence-electron chi connectivity index (χ3n) is 6.80. The lowest BCUT2D eigenvalue weighted by Crippen LogP contribution is -2.50. The molecule has 2 aliphatic heterocycles. The van der Waals surface area contributed by atoms with Gasteiger partial charge in [-0.15, -0.1) is 10.2 Å². The van der Waals surface area contributed by atoms with E-state index >= 15 is 0 Å². The van der Waals surface area contributed by atoms with Crippen molar-refractivity contribution in [2.45, 2.75) is 6.54 Å². The molecule has 4 aromatic rings. The molecule has 13 heteroatoms. The van der Waals surface area contributed by atoms with Crippen LogP contribution in [0.4, 0.5) is 5.82 Å². The number of piperazine rings is 1. The summed E-state index contributed by atoms with van der Waals surface area (Å²) in [4.78, 5) is 45.8. The van der Waals surface area contributed by atoms with Crippen LogP contribution in [-0.2, 0) is 25.4 Å². The van der Waals surface area contributed by atoms with Crippen LogP contribution < -0.4 is 25.6 Å². The van der Waals surface area contributed by atoms with Gasteiger partial charge in [0.1, 0.15) is 6.54 Å². The molecule has 1 amide bonds. The molecule has 1 fully saturated rings. The first-order valence-corrected chi connectivity index (χ1v) is 11.8. The van der Waals surface area contributed by atoms with E-state index in [0.717, 1.165) is 27.4 Å². The first kappa shape index (κ1) is 22.8. The highest BCUT2D eigenvalue weighted by molar-refractivity contribution is 5.79. The van der Waals surface area contributed by atoms with Crippen LogP contribution in [0.3, 0.4) is 0 Å². The maximum atomic E-state index is 13.0. The molecule has 37 heavy (non-hydrogen) atoms. The zero-order valence-electron chi connectivity index (χ0n) is 20.3. The fraction of sp³-hybridized carbons (Fsp3) is 0.333. The summed E-state index contributed by atoms with van der Waals surface area (Å²) in [5.74, 6) is 2.02. The standard InChI is InChI=1S/C24H24N8O5/c1-28-22-21(23(34)29(2)24(28)35)32(13-25-22)12-20(33)31-9-7-30(8-10-31)19-6-4-16(26-27-19)15-3-5-17-18(11-15)37-14-36-17/h3-6,11,13H,7-10,12,14H2,1-2H3. The Morgan fingerprint density at radius 1 is 0.946 bits per heavy atom. The summed E-state index contributed by atoms with van der Waals surface area (Å²) >= 11 is 0. The summed E-state index contributed by atoms with van der Waals surface area (Å²) in [5.41, 5.74) is 1.17. The third kappa shape index (κ3) is 3.88. The van der Waals surface area contributed by atoms with Gasteiger partial charge in [0, 0.05) is 45.8 Å². The molecular weight excluding hydrogens is 480 g/mol. The number of anilines is 1. The number of aromatic nitrogens is 6. The van der Waals surface area contributed by atoms with E-state index in [1.807, 2.05) is 30.3 Å². The van der Waals surface area contributed by atoms with Crippen LogP contribution >= 0.6 is 0 Å². The van der Waals surface area contributed by atoms with Crippen LogP contribution in [0.5, 0.6) is 11.5 Å². The van der Waals surface area contributed by atoms with Gasteiger partial charge in [0.25, 0.3) is 5.56 Å². The second kappa shape index (κ2) is 8.76. The third-order valence-corrected chi connectivity index (χ3v) is 6.80. The maximum Gasteiger partial charge on any atom is 0.332 e. The number of nitrogens with zero attached hydrogens (tertiary/aromatic N) is 8. The fourth-order valence-corrected chi connectivity index (χ4v) is 4.65. The van der Waals surface area contributed by atoms with Gasteiger partial charge in [0.05, 0.1) is 12.0 Å². The van der Waals surface area contributed by atoms with Crippen LogP contribution in [0, 0.1) is 0 Å². The first-order valence-electron chi connectivity index (χ1n) is 11.8. The second-order valence-corrected chi connectivity index (χ2v) is 8.96. The Bertz CT molecular complexity index is 1630. The van der Waals surface area contributed by atoms with Crippen LogP contribution in [0.2, 0.25) is 0 Å². The minimum atomic E-state index is -0.476. The van der Waals surface area contributed by atoms with Gasteiger partial charge >= 0.3 is 5.69 Å². The van der Waals surface area contributed by atoms with Crippen LogP contribution in [-0.4, -0.2) is 72.7 Å². The molecule has 0 radical (unpaired) electrons. The Hall–Kier alpha value is -4.68. The molecule has 1 saturated heterocycles. The molecule has 0 spiro atoms. The first-order chi connectivity index (χ1) is 17.9. The van der Waals surface area contributed by atoms with Crippen LogP contribution in [0.25, 0.3) is 22.4 Å². The topological polar surface area (TPSA) is 130 Å². The quantitative estimate of drug-likeness (QED) is 0.376. The predicted molar refractivity (Wildman–Crippen MR) is 133 cm³/mol. The molecule has 2 aliphatic rings. The number of hydrogen-bond acceptors (Lipinski definition) is 9. The Kier molecular flexibility index (Phi) is 5.39. The van der Waals surface area contributed by atoms with Gasteiger partial charge in [0.2, 0.25) is 12.7 Å². The van der Waals surface area contributed by atoms with Gasteiger partial charge in [-0.05, 0) is 30.3 Å². The second-order valence-electron chi connectivity index (χ2n) is 8.96. The lowest BCUT2D eigenvalue weighted by atomic mass is 10.1. The van der Waals surface area contributed by atoms with Crippen LogP contribution in [0.1, 0.15) is 0 Å². The van der Waals surface area contributed by atoms with Gasteiger partial charge in [-0.1, -0.05) is 0 Å². The van der Waals surface area contributed by atoms with Crippen molar-refractivity contribution in [3.8, 4) is 22.8 Å². The van der Waals surface area contributed by atoms with Gasteiger partial charge in [0.15, 0.2) is 28.5 Å². The van der Waals surface area contributed by atoms with E-state index in [4.69, 9.17) is 9.47 Å². The largest absolute Gasteiger partial charge is 0.454 e. The normalized spacial score (nSPS) is 15.0. The van der Waals surface area contributed by atoms with Gasteiger partial charge < -0.3 is 23.8 Å². The lowest BCUT2D eigenvalue weighted by Gasteiger charge is -2.35. The summed E-state index contributed by atoms with van der Waals surface area (Å²) in [5, 5.41) is 8.77. The number of fused-ring (bicyclic) bond motifs is 2. The SMILES string of the molecule is Cn1c(=O)c2c(ncn2CC(=O)N2CCN(c3ccc(-c4ccc5c(c4)OCO5)nn3)CC2)n(C)c1=O. The summed E-state index contributed by atoms with van der Waals surface area (Å²) in [6, 6.07) is 9.49. The van der Waals surface area contributed by atoms with E-state index in [0.29, 0.717) is 31.9 Å². The van der Waals surface area contributed by atoms with Crippen molar-refractivity contribution in [2.24, 2.45) is 14.1 Å². The summed E-state index contributed by atoms with van der Waals surface area (Å²) < 4.78 is 14.6. The average molecular weight is 505 g/mol. The van der Waals surface area contributed by atoms with Crippen molar-refractivity contribution in [1.82, 2.24) is 33.8 Å². The number of rotatable bonds is 4. The number of aryl methyl sites for hydroxylation is 1. The molecule has 13 nitrogen and oxygen atoms in total. The van der Waals surface area contributed by atoms with E-state index in [1.54, 1.807) is 11.9 Å². The smallest absolute Gasteiger partial charge is 0.332 e. The van der Waals surface area contributed by atoms with E-state index in [2.05, 4.69) is 20.1 Å². The molecule has 6 rings (SSSR count). The average Bonchev–Trinajstić information content (AvgIpc) is 3.58. The fourth-order valence-electron chi connectivity index (χ4n) is 4.65. The molecule has 0 atom stereocenters. The summed E-state index contributed by atoms with van der Waals surface area (Å²) in [7, 11) is 2.96. The highest BCUT2D eigenvalue weighted by Crippen LogP contribution is 2.35. The number of carbonyl (C=O) groups excluding carboxylic acids is 1. The van der Waals surface area contributed by atoms with Crippen molar-refractivity contribution in [3.05, 3.63) is 57.5 Å². The zero-order valence-corrected chi connectivity index (χ0v) is 20.3.